The van der Waals surface area contributed by atoms with Gasteiger partial charge in [-0.15, -0.1) is 0 Å². The molecule has 1 saturated heterocycles. The van der Waals surface area contributed by atoms with Gasteiger partial charge in [0.2, 0.25) is 0 Å². The maximum atomic E-state index is 9.10. The predicted molar refractivity (Wildman–Crippen MR) is 149 cm³/mol. The van der Waals surface area contributed by atoms with Crippen molar-refractivity contribution in [3.63, 3.8) is 0 Å². The average molecular weight is 523 g/mol. The van der Waals surface area contributed by atoms with Crippen molar-refractivity contribution in [1.82, 2.24) is 19.8 Å². The number of aromatic amines is 1. The highest BCUT2D eigenvalue weighted by molar-refractivity contribution is 6.27. The Balaban J connectivity index is 0.000000505. The van der Waals surface area contributed by atoms with Crippen LogP contribution < -0.4 is 10.6 Å². The van der Waals surface area contributed by atoms with Crippen LogP contribution in [0.1, 0.15) is 30.9 Å². The van der Waals surface area contributed by atoms with E-state index in [1.807, 2.05) is 0 Å². The number of carbonyl (C=O) groups is 2. The normalized spacial score (nSPS) is 17.6. The molecule has 1 atom stereocenters. The lowest BCUT2D eigenvalue weighted by Crippen LogP contribution is -2.50. The molecule has 3 aromatic rings. The largest absolute Gasteiger partial charge is 0.473 e. The van der Waals surface area contributed by atoms with Gasteiger partial charge in [-0.1, -0.05) is 25.1 Å². The molecular weight excluding hydrogens is 484 g/mol. The number of aryl methyl sites for hydroxylation is 1. The molecule has 10 heteroatoms. The molecule has 5 N–H and O–H groups in total. The molecule has 0 spiro atoms. The summed E-state index contributed by atoms with van der Waals surface area (Å²) in [4.78, 5) is 33.7. The van der Waals surface area contributed by atoms with Gasteiger partial charge in [-0.2, -0.15) is 0 Å². The van der Waals surface area contributed by atoms with Crippen molar-refractivity contribution in [3.05, 3.63) is 53.6 Å². The van der Waals surface area contributed by atoms with Gasteiger partial charge in [0.1, 0.15) is 0 Å². The molecule has 1 fully saturated rings. The average Bonchev–Trinajstić information content (AvgIpc) is 3.29. The molecule has 0 saturated carbocycles. The third kappa shape index (κ3) is 7.02. The van der Waals surface area contributed by atoms with Crippen LogP contribution >= 0.6 is 0 Å². The fourth-order valence-electron chi connectivity index (χ4n) is 5.48. The fraction of sp³-hybridized carbons (Fsp3) is 0.464. The number of piperazine rings is 1. The van der Waals surface area contributed by atoms with E-state index in [2.05, 4.69) is 74.1 Å². The van der Waals surface area contributed by atoms with Crippen LogP contribution in [0.15, 0.2) is 42.5 Å². The van der Waals surface area contributed by atoms with Crippen LogP contribution in [0.5, 0.6) is 0 Å². The van der Waals surface area contributed by atoms with Gasteiger partial charge < -0.3 is 25.8 Å². The quantitative estimate of drug-likeness (QED) is 0.345. The number of imidazole rings is 1. The number of hydrogen-bond acceptors (Lipinski definition) is 7. The summed E-state index contributed by atoms with van der Waals surface area (Å²) >= 11 is 0. The Kier molecular flexibility index (Phi) is 9.19. The number of benzene rings is 2. The Hall–Kier alpha value is -3.63. The van der Waals surface area contributed by atoms with Gasteiger partial charge in [-0.25, -0.2) is 14.6 Å². The van der Waals surface area contributed by atoms with E-state index < -0.39 is 11.9 Å². The van der Waals surface area contributed by atoms with E-state index in [0.29, 0.717) is 12.0 Å². The predicted octanol–water partition coefficient (Wildman–Crippen LogP) is 2.69. The maximum absolute atomic E-state index is 9.10. The van der Waals surface area contributed by atoms with E-state index in [9.17, 15) is 0 Å². The van der Waals surface area contributed by atoms with E-state index in [-0.39, 0.29) is 0 Å². The third-order valence-corrected chi connectivity index (χ3v) is 7.43. The lowest BCUT2D eigenvalue weighted by Gasteiger charge is -2.39. The fourth-order valence-corrected chi connectivity index (χ4v) is 5.48. The number of nitrogens with zero attached hydrogens (tertiary/aromatic N) is 4. The molecule has 1 aliphatic heterocycles. The van der Waals surface area contributed by atoms with Crippen molar-refractivity contribution in [1.29, 1.82) is 0 Å². The minimum atomic E-state index is -1.82. The number of hydrogen-bond donors (Lipinski definition) is 4. The first-order valence-electron chi connectivity index (χ1n) is 13.3. The zero-order valence-electron chi connectivity index (χ0n) is 22.0. The number of para-hydroxylation sites is 1. The summed E-state index contributed by atoms with van der Waals surface area (Å²) in [7, 11) is 0. The highest BCUT2D eigenvalue weighted by atomic mass is 16.4. The number of fused-ring (bicyclic) bond motifs is 2. The zero-order chi connectivity index (χ0) is 27.1. The van der Waals surface area contributed by atoms with Crippen LogP contribution in [-0.4, -0.2) is 93.8 Å². The zero-order valence-corrected chi connectivity index (χ0v) is 22.0. The van der Waals surface area contributed by atoms with Crippen LogP contribution in [-0.2, 0) is 22.4 Å². The van der Waals surface area contributed by atoms with E-state index in [0.717, 1.165) is 50.1 Å². The number of rotatable bonds is 7. The van der Waals surface area contributed by atoms with Crippen LogP contribution in [0.4, 0.5) is 11.6 Å². The van der Waals surface area contributed by atoms with Gasteiger partial charge in [-0.3, -0.25) is 9.80 Å². The summed E-state index contributed by atoms with van der Waals surface area (Å²) in [5.41, 5.74) is 12.2. The highest BCUT2D eigenvalue weighted by Crippen LogP contribution is 2.28. The molecule has 1 unspecified atom stereocenters. The topological polar surface area (TPSA) is 139 Å². The molecule has 2 aromatic carbocycles. The van der Waals surface area contributed by atoms with E-state index >= 15 is 0 Å². The first-order chi connectivity index (χ1) is 18.3. The van der Waals surface area contributed by atoms with E-state index in [1.54, 1.807) is 0 Å². The van der Waals surface area contributed by atoms with Crippen LogP contribution in [0.25, 0.3) is 11.0 Å². The van der Waals surface area contributed by atoms with Crippen molar-refractivity contribution in [2.45, 2.75) is 38.6 Å². The Morgan fingerprint density at radius 2 is 1.76 bits per heavy atom. The van der Waals surface area contributed by atoms with Gasteiger partial charge in [0.25, 0.3) is 0 Å². The van der Waals surface area contributed by atoms with E-state index in [4.69, 9.17) is 25.5 Å². The minimum absolute atomic E-state index is 0.513. The second-order valence-electron chi connectivity index (χ2n) is 9.97. The van der Waals surface area contributed by atoms with Gasteiger partial charge in [0.05, 0.1) is 11.0 Å². The molecule has 1 aromatic heterocycles. The molecule has 1 aliphatic carbocycles. The minimum Gasteiger partial charge on any atom is -0.473 e. The number of carboxylic acid groups (broad SMARTS) is 2. The third-order valence-electron chi connectivity index (χ3n) is 7.43. The number of aromatic nitrogens is 2. The molecule has 0 amide bonds. The molecule has 5 rings (SSSR count). The monoisotopic (exact) mass is 522 g/mol. The number of nitrogen functional groups attached to an aromatic ring is 1. The molecule has 0 radical (unpaired) electrons. The molecule has 2 aliphatic rings. The Bertz CT molecular complexity index is 1210. The van der Waals surface area contributed by atoms with Gasteiger partial charge in [-0.05, 0) is 67.6 Å². The summed E-state index contributed by atoms with van der Waals surface area (Å²) in [6, 6.07) is 16.0. The number of H-pyrrole nitrogens is 1. The molecule has 204 valence electrons. The van der Waals surface area contributed by atoms with Gasteiger partial charge in [0.15, 0.2) is 5.95 Å². The standard InChI is InChI=1S/C26H36N6.C2H2O4/c1-2-10-31(14-11-30-12-15-32(16-13-30)22-6-4-3-5-7-22)23-9-8-20-18-24-25(19-21(20)17-23)29-26(27)28-24;3-1(4)2(5)6/h3-7,18-19,23H,2,8-17H2,1H3,(H3,27,28,29);(H,3,4)(H,5,6). The molecule has 10 nitrogen and oxygen atoms in total. The van der Waals surface area contributed by atoms with E-state index in [1.165, 1.54) is 49.3 Å². The lowest BCUT2D eigenvalue weighted by molar-refractivity contribution is -0.159. The molecular formula is C28H38N6O4. The van der Waals surface area contributed by atoms with Gasteiger partial charge >= 0.3 is 11.9 Å². The highest BCUT2D eigenvalue weighted by Gasteiger charge is 2.26. The molecule has 2 heterocycles. The molecule has 0 bridgehead atoms. The van der Waals surface area contributed by atoms with Crippen molar-refractivity contribution in [2.75, 3.05) is 56.4 Å². The van der Waals surface area contributed by atoms with Crippen LogP contribution in [0.3, 0.4) is 0 Å². The van der Waals surface area contributed by atoms with Crippen LogP contribution in [0, 0.1) is 0 Å². The smallest absolute Gasteiger partial charge is 0.414 e. The lowest BCUT2D eigenvalue weighted by atomic mass is 9.87. The summed E-state index contributed by atoms with van der Waals surface area (Å²) in [5, 5.41) is 14.8. The number of anilines is 2. The summed E-state index contributed by atoms with van der Waals surface area (Å²) < 4.78 is 0. The number of nitrogens with one attached hydrogen (secondary N) is 1. The van der Waals surface area contributed by atoms with Crippen molar-refractivity contribution < 1.29 is 19.8 Å². The van der Waals surface area contributed by atoms with Crippen molar-refractivity contribution >= 4 is 34.6 Å². The second-order valence-corrected chi connectivity index (χ2v) is 9.97. The summed E-state index contributed by atoms with van der Waals surface area (Å²) in [5.74, 6) is -3.14. The Morgan fingerprint density at radius 3 is 2.42 bits per heavy atom. The van der Waals surface area contributed by atoms with Gasteiger partial charge in [0, 0.05) is 51.0 Å². The van der Waals surface area contributed by atoms with Crippen molar-refractivity contribution in [3.8, 4) is 0 Å². The first-order valence-corrected chi connectivity index (χ1v) is 13.3. The van der Waals surface area contributed by atoms with Crippen LogP contribution in [0.2, 0.25) is 0 Å². The SMILES string of the molecule is CCCN(CCN1CCN(c2ccccc2)CC1)C1CCc2cc3nc(N)[nH]c3cc2C1.O=C(O)C(=O)O. The second kappa shape index (κ2) is 12.7. The Labute approximate surface area is 223 Å². The molecule has 38 heavy (non-hydrogen) atoms. The first kappa shape index (κ1) is 27.4. The summed E-state index contributed by atoms with van der Waals surface area (Å²) in [6.45, 7) is 10.4. The summed E-state index contributed by atoms with van der Waals surface area (Å²) in [6.07, 6.45) is 4.71. The maximum Gasteiger partial charge on any atom is 0.414 e. The number of aliphatic carboxylic acids is 2. The number of nitrogens with two attached hydrogens (primary N) is 1. The Morgan fingerprint density at radius 1 is 1.05 bits per heavy atom. The van der Waals surface area contributed by atoms with Crippen molar-refractivity contribution in [2.24, 2.45) is 0 Å². The number of carboxylic acids is 2.